The molecule has 0 bridgehead atoms. The highest BCUT2D eigenvalue weighted by atomic mass is 31.0. The predicted octanol–water partition coefficient (Wildman–Crippen LogP) is 3.58. The molecule has 1 rings (SSSR count). The second kappa shape index (κ2) is 4.62. The zero-order valence-electron chi connectivity index (χ0n) is 7.88. The maximum absolute atomic E-state index is 2.88. The van der Waals surface area contributed by atoms with Crippen LogP contribution >= 0.6 is 9.24 Å². The van der Waals surface area contributed by atoms with Gasteiger partial charge in [-0.25, -0.2) is 0 Å². The fourth-order valence-electron chi connectivity index (χ4n) is 1.24. The van der Waals surface area contributed by atoms with Crippen molar-refractivity contribution in [1.82, 2.24) is 0 Å². The fourth-order valence-corrected chi connectivity index (χ4v) is 1.46. The first-order chi connectivity index (χ1) is 5.77. The second-order valence-electron chi connectivity index (χ2n) is 3.11. The lowest BCUT2D eigenvalue weighted by Gasteiger charge is -2.08. The average molecular weight is 180 g/mol. The Morgan fingerprint density at radius 1 is 1.17 bits per heavy atom. The third kappa shape index (κ3) is 2.32. The average Bonchev–Trinajstić information content (AvgIpc) is 2.17. The number of rotatable bonds is 3. The van der Waals surface area contributed by atoms with E-state index in [0.29, 0.717) is 5.66 Å². The molecule has 0 saturated heterocycles. The summed E-state index contributed by atoms with van der Waals surface area (Å²) in [5.41, 5.74) is 3.47. The minimum absolute atomic E-state index is 0.621. The molecule has 12 heavy (non-hydrogen) atoms. The van der Waals surface area contributed by atoms with Crippen molar-refractivity contribution in [2.45, 2.75) is 32.3 Å². The van der Waals surface area contributed by atoms with Crippen molar-refractivity contribution in [2.24, 2.45) is 0 Å². The fraction of sp³-hybridized carbons (Fsp3) is 0.455. The van der Waals surface area contributed by atoms with Crippen LogP contribution < -0.4 is 0 Å². The third-order valence-electron chi connectivity index (χ3n) is 2.26. The summed E-state index contributed by atoms with van der Waals surface area (Å²) in [4.78, 5) is 0. The molecule has 66 valence electrons. The molecule has 0 spiro atoms. The lowest BCUT2D eigenvalue weighted by Crippen LogP contribution is -1.88. The molecule has 2 atom stereocenters. The zero-order chi connectivity index (χ0) is 8.97. The van der Waals surface area contributed by atoms with Crippen molar-refractivity contribution in [1.29, 1.82) is 0 Å². The van der Waals surface area contributed by atoms with Gasteiger partial charge in [0.15, 0.2) is 0 Å². The third-order valence-corrected chi connectivity index (χ3v) is 3.11. The molecule has 0 heterocycles. The van der Waals surface area contributed by atoms with Crippen molar-refractivity contribution >= 4 is 9.24 Å². The van der Waals surface area contributed by atoms with Crippen molar-refractivity contribution < 1.29 is 0 Å². The van der Waals surface area contributed by atoms with Crippen molar-refractivity contribution in [3.63, 3.8) is 0 Å². The standard InChI is InChI=1S/C11H17P/c1-3-9-5-7-10(8-6-9)11(12)4-2/h5-8,11H,3-4,12H2,1-2H3. The predicted molar refractivity (Wildman–Crippen MR) is 58.6 cm³/mol. The maximum atomic E-state index is 2.88. The monoisotopic (exact) mass is 180 g/mol. The molecular formula is C11H17P. The van der Waals surface area contributed by atoms with Gasteiger partial charge in [-0.1, -0.05) is 38.1 Å². The van der Waals surface area contributed by atoms with Crippen molar-refractivity contribution in [2.75, 3.05) is 0 Å². The Bertz CT molecular complexity index is 225. The molecule has 0 amide bonds. The lowest BCUT2D eigenvalue weighted by atomic mass is 10.1. The largest absolute Gasteiger partial charge is 0.130 e. The Balaban J connectivity index is 2.77. The van der Waals surface area contributed by atoms with Crippen LogP contribution in [-0.4, -0.2) is 0 Å². The summed E-state index contributed by atoms with van der Waals surface area (Å²) in [5, 5.41) is 0. The molecule has 0 aliphatic carbocycles. The first kappa shape index (κ1) is 9.74. The normalized spacial score (nSPS) is 12.9. The highest BCUT2D eigenvalue weighted by Crippen LogP contribution is 2.26. The summed E-state index contributed by atoms with van der Waals surface area (Å²) in [6.45, 7) is 4.40. The second-order valence-corrected chi connectivity index (χ2v) is 3.91. The minimum atomic E-state index is 0.621. The van der Waals surface area contributed by atoms with E-state index in [1.807, 2.05) is 0 Å². The Morgan fingerprint density at radius 2 is 1.75 bits per heavy atom. The summed E-state index contributed by atoms with van der Waals surface area (Å²) in [6, 6.07) is 8.92. The number of aryl methyl sites for hydroxylation is 1. The van der Waals surface area contributed by atoms with Crippen LogP contribution in [0.25, 0.3) is 0 Å². The SMILES string of the molecule is CCc1ccc(C(P)CC)cc1. The first-order valence-electron chi connectivity index (χ1n) is 4.62. The van der Waals surface area contributed by atoms with E-state index in [0.717, 1.165) is 6.42 Å². The lowest BCUT2D eigenvalue weighted by molar-refractivity contribution is 0.895. The van der Waals surface area contributed by atoms with E-state index in [-0.39, 0.29) is 0 Å². The quantitative estimate of drug-likeness (QED) is 0.624. The molecule has 0 aromatic heterocycles. The summed E-state index contributed by atoms with van der Waals surface area (Å²) >= 11 is 0. The van der Waals surface area contributed by atoms with Crippen LogP contribution in [-0.2, 0) is 6.42 Å². The highest BCUT2D eigenvalue weighted by Gasteiger charge is 2.01. The molecule has 1 aromatic rings. The topological polar surface area (TPSA) is 0 Å². The van der Waals surface area contributed by atoms with Gasteiger partial charge in [0, 0.05) is 0 Å². The highest BCUT2D eigenvalue weighted by molar-refractivity contribution is 7.17. The minimum Gasteiger partial charge on any atom is -0.130 e. The van der Waals surface area contributed by atoms with Gasteiger partial charge in [0.2, 0.25) is 0 Å². The van der Waals surface area contributed by atoms with E-state index in [2.05, 4.69) is 47.4 Å². The van der Waals surface area contributed by atoms with Crippen LogP contribution in [0.15, 0.2) is 24.3 Å². The molecule has 1 aromatic carbocycles. The van der Waals surface area contributed by atoms with Crippen molar-refractivity contribution in [3.8, 4) is 0 Å². The Morgan fingerprint density at radius 3 is 2.17 bits per heavy atom. The summed E-state index contributed by atoms with van der Waals surface area (Å²) < 4.78 is 0. The molecule has 0 N–H and O–H groups in total. The molecule has 0 aliphatic heterocycles. The molecule has 1 heteroatoms. The zero-order valence-corrected chi connectivity index (χ0v) is 9.03. The van der Waals surface area contributed by atoms with Crippen molar-refractivity contribution in [3.05, 3.63) is 35.4 Å². The van der Waals surface area contributed by atoms with E-state index in [9.17, 15) is 0 Å². The Kier molecular flexibility index (Phi) is 3.75. The van der Waals surface area contributed by atoms with Gasteiger partial charge < -0.3 is 0 Å². The van der Waals surface area contributed by atoms with Crippen LogP contribution in [0.4, 0.5) is 0 Å². The van der Waals surface area contributed by atoms with E-state index in [1.54, 1.807) is 0 Å². The summed E-state index contributed by atoms with van der Waals surface area (Å²) in [6.07, 6.45) is 2.32. The van der Waals surface area contributed by atoms with Crippen LogP contribution in [0.3, 0.4) is 0 Å². The molecular weight excluding hydrogens is 163 g/mol. The van der Waals surface area contributed by atoms with Gasteiger partial charge in [-0.05, 0) is 29.6 Å². The van der Waals surface area contributed by atoms with Crippen LogP contribution in [0.5, 0.6) is 0 Å². The van der Waals surface area contributed by atoms with Gasteiger partial charge >= 0.3 is 0 Å². The summed E-state index contributed by atoms with van der Waals surface area (Å²) in [7, 11) is 2.88. The molecule has 0 aliphatic rings. The van der Waals surface area contributed by atoms with Gasteiger partial charge in [-0.15, -0.1) is 9.24 Å². The smallest absolute Gasteiger partial charge is 0.00172 e. The van der Waals surface area contributed by atoms with Crippen LogP contribution in [0, 0.1) is 0 Å². The van der Waals surface area contributed by atoms with Gasteiger partial charge in [0.1, 0.15) is 0 Å². The number of benzene rings is 1. The van der Waals surface area contributed by atoms with E-state index >= 15 is 0 Å². The van der Waals surface area contributed by atoms with Crippen LogP contribution in [0.2, 0.25) is 0 Å². The molecule has 2 unspecified atom stereocenters. The van der Waals surface area contributed by atoms with Crippen LogP contribution in [0.1, 0.15) is 37.1 Å². The molecule has 0 fully saturated rings. The number of hydrogen-bond donors (Lipinski definition) is 0. The van der Waals surface area contributed by atoms with E-state index in [4.69, 9.17) is 0 Å². The summed E-state index contributed by atoms with van der Waals surface area (Å²) in [5.74, 6) is 0. The maximum Gasteiger partial charge on any atom is -0.00172 e. The van der Waals surface area contributed by atoms with Gasteiger partial charge in [0.05, 0.1) is 0 Å². The van der Waals surface area contributed by atoms with Gasteiger partial charge in [0.25, 0.3) is 0 Å². The Hall–Kier alpha value is -0.350. The van der Waals surface area contributed by atoms with E-state index in [1.165, 1.54) is 17.5 Å². The molecule has 0 radical (unpaired) electrons. The van der Waals surface area contributed by atoms with Gasteiger partial charge in [-0.3, -0.25) is 0 Å². The van der Waals surface area contributed by atoms with Gasteiger partial charge in [-0.2, -0.15) is 0 Å². The number of hydrogen-bond acceptors (Lipinski definition) is 0. The first-order valence-corrected chi connectivity index (χ1v) is 5.29. The molecule has 0 saturated carbocycles. The Labute approximate surface area is 77.6 Å². The molecule has 0 nitrogen and oxygen atoms in total. The van der Waals surface area contributed by atoms with E-state index < -0.39 is 0 Å².